The standard InChI is InChI=1S/C29H40N2O2.C21H34N2O.C21H28N2O.C16H17BrN2O.C10H15N.C8H7ClO.C6H4BrNO2.C5H11.C3H8.2C2H6.CN.ClH.Cu.Mg/c1-20-12-8-9-15-23(20)27(33)31-17-11-16-24(25(31)19-28(2,3)4)26(32)30-22-14-10-13-21(18-22)29(5,6)7;2*1-20(2,3)14-18-17(11-8-12-22-18)19(24)23-16-10-7-9-15(13-16)21(4,5)6;1-16(2,3)11-6-4-7-12(10-11)19-15(20)13-8-5-9-18-14(13)17;1-10(2,3)8-5-4-6-9(11)7-8;1-6-4-2-3-5-7(6)8(9)10;7-5-4(6(9)10)2-1-3-8-5;1-5(2,3)4;1-3-2;3*1-2;;;/h8-10,12-15,18,24-25H,11,16-17,19H2,1-7H3,(H,30,32);7,9-10,13,17-18,22H,8,11-12,14H2,1-6H3,(H,23,24);7-13H,14H2,1-6H3,(H,23,24);4-10H,1-3H3,(H,19,20);4-7H,11H2,1-3H3;2-5H,1H3;1-3H,(H,9,10);1H2,2-4H3;3H2,1-2H3;2*1-2H3;;1H;;/q;;;;;;;-1;;;;-1;;+1;+2/p-1/t24?,25-;17?,18-;;;;;;;;;;;;;/m00............./s1. The van der Waals surface area contributed by atoms with Crippen molar-refractivity contribution in [2.24, 2.45) is 33.5 Å². The minimum Gasteiger partial charge on any atom is -1.00 e. The Hall–Kier alpha value is -9.44. The molecule has 2 unspecified atom stereocenters. The Morgan fingerprint density at radius 3 is 1.10 bits per heavy atom. The maximum absolute atomic E-state index is 13.6. The Bertz CT molecular complexity index is 5650. The predicted molar refractivity (Wildman–Crippen MR) is 628 cm³/mol. The summed E-state index contributed by atoms with van der Waals surface area (Å²) in [5, 5.41) is 30.2. The molecule has 12 rings (SSSR count). The first kappa shape index (κ1) is 144. The molecular formula is C124H176Br2Cl2CuMgN11O8. The summed E-state index contributed by atoms with van der Waals surface area (Å²) in [6, 6.07) is 65.7. The van der Waals surface area contributed by atoms with E-state index in [1.54, 1.807) is 42.7 Å². The number of pyridine rings is 3. The number of piperidine rings is 2. The van der Waals surface area contributed by atoms with E-state index in [0.717, 1.165) is 102 Å². The van der Waals surface area contributed by atoms with Gasteiger partial charge in [-0.15, -0.1) is 0 Å². The SMILES string of the molecule is CC.CC.CC(C)(C)C[C@@H]1NCCCC1C(=O)Nc1cccc(C(C)(C)C)c1.CC(C)(C)Cc1ncccc1C(=O)Nc1cccc(C(C)(C)C)c1.CC(C)(C)c1cccc(N)c1.CC(C)(C)c1cccc(NC(=O)c2cccnc2Br)c1.CCC.Cc1ccccc1C(=O)Cl.Cc1ccccc1C(=O)N1CCCC(C(=O)Nc2cccc(C(C)(C)C)c2)[C@@H]1CC(C)(C)C.O=C(O)c1cccnc1Br.[C-]#N.[CH2-]C(C)(C)C.[Cl-].[Cu+].[Mg+2]. The number of amides is 5. The number of likely N-dealkylation sites (tertiary alicyclic amines) is 1. The van der Waals surface area contributed by atoms with Crippen molar-refractivity contribution in [2.45, 2.75) is 333 Å². The predicted octanol–water partition coefficient (Wildman–Crippen LogP) is 29.5. The summed E-state index contributed by atoms with van der Waals surface area (Å²) in [6.07, 6.45) is 12.4. The third-order valence-electron chi connectivity index (χ3n) is 22.2. The molecule has 2 aliphatic heterocycles. The molecule has 3 aromatic heterocycles. The molecule has 2 saturated heterocycles. The number of halogens is 4. The van der Waals surface area contributed by atoms with Gasteiger partial charge in [-0.25, -0.2) is 14.8 Å². The summed E-state index contributed by atoms with van der Waals surface area (Å²) >= 11 is 11.6. The first-order chi connectivity index (χ1) is 67.7. The van der Waals surface area contributed by atoms with Gasteiger partial charge in [-0.05, 0) is 300 Å². The van der Waals surface area contributed by atoms with Gasteiger partial charge in [-0.2, -0.15) is 5.41 Å². The third-order valence-corrected chi connectivity index (χ3v) is 23.7. The van der Waals surface area contributed by atoms with Crippen molar-refractivity contribution >= 4 is 136 Å². The number of benzene rings is 7. The molecule has 0 bridgehead atoms. The number of anilines is 5. The number of carboxylic acids is 1. The van der Waals surface area contributed by atoms with E-state index < -0.39 is 11.2 Å². The third kappa shape index (κ3) is 56.7. The number of carbonyl (C=O) groups is 7. The summed E-state index contributed by atoms with van der Waals surface area (Å²) in [5.41, 5.74) is 22.3. The summed E-state index contributed by atoms with van der Waals surface area (Å²) in [5.74, 6) is -1.22. The zero-order chi connectivity index (χ0) is 112. The molecule has 19 nitrogen and oxygen atoms in total. The van der Waals surface area contributed by atoms with Crippen molar-refractivity contribution < 1.29 is 68.1 Å². The van der Waals surface area contributed by atoms with E-state index >= 15 is 0 Å². The number of hydrogen-bond donors (Lipinski definition) is 7. The van der Waals surface area contributed by atoms with Crippen LogP contribution in [0.25, 0.3) is 0 Å². The van der Waals surface area contributed by atoms with E-state index in [1.807, 2.05) is 174 Å². The van der Waals surface area contributed by atoms with Crippen LogP contribution in [0.15, 0.2) is 234 Å². The maximum atomic E-state index is 13.6. The average molecular weight is 2270 g/mol. The number of rotatable bonds is 14. The van der Waals surface area contributed by atoms with E-state index in [4.69, 9.17) is 34.3 Å². The van der Waals surface area contributed by atoms with Crippen LogP contribution in [0.5, 0.6) is 0 Å². The molecule has 0 saturated carbocycles. The van der Waals surface area contributed by atoms with Crippen molar-refractivity contribution in [1.82, 2.24) is 25.2 Å². The molecule has 5 amide bonds. The van der Waals surface area contributed by atoms with E-state index in [0.29, 0.717) is 32.4 Å². The zero-order valence-electron chi connectivity index (χ0n) is 96.1. The second-order valence-electron chi connectivity index (χ2n) is 46.1. The molecule has 10 aromatic rings. The van der Waals surface area contributed by atoms with E-state index in [9.17, 15) is 33.6 Å². The van der Waals surface area contributed by atoms with Crippen LogP contribution in [0.2, 0.25) is 0 Å². The molecule has 8 N–H and O–H groups in total. The molecule has 2 fully saturated rings. The van der Waals surface area contributed by atoms with Gasteiger partial charge in [0.1, 0.15) is 9.21 Å². The Morgan fingerprint density at radius 1 is 0.450 bits per heavy atom. The van der Waals surface area contributed by atoms with Crippen molar-refractivity contribution in [3.63, 3.8) is 0 Å². The number of aromatic carboxylic acids is 1. The number of aryl methyl sites for hydroxylation is 2. The monoisotopic (exact) mass is 2260 g/mol. The molecule has 7 aromatic carbocycles. The van der Waals surface area contributed by atoms with Gasteiger partial charge < -0.3 is 73.5 Å². The van der Waals surface area contributed by atoms with Gasteiger partial charge in [-0.1, -0.05) is 332 Å². The van der Waals surface area contributed by atoms with Crippen LogP contribution in [-0.4, -0.2) is 114 Å². The van der Waals surface area contributed by atoms with Gasteiger partial charge in [-0.3, -0.25) is 33.8 Å². The molecule has 0 radical (unpaired) electrons. The smallest absolute Gasteiger partial charge is 1.00 e. The number of nitrogens with two attached hydrogens (primary N) is 1. The van der Waals surface area contributed by atoms with Crippen LogP contribution in [-0.2, 0) is 60.2 Å². The number of aromatic nitrogens is 3. The van der Waals surface area contributed by atoms with Gasteiger partial charge in [0.05, 0.1) is 34.2 Å². The van der Waals surface area contributed by atoms with E-state index in [-0.39, 0.29) is 160 Å². The fraction of sp³-hybridized carbons (Fsp3) is 0.468. The van der Waals surface area contributed by atoms with Crippen LogP contribution < -0.4 is 44.7 Å². The molecule has 816 valence electrons. The number of carboxylic acid groups (broad SMARTS) is 1. The molecule has 149 heavy (non-hydrogen) atoms. The summed E-state index contributed by atoms with van der Waals surface area (Å²) in [4.78, 5) is 100. The van der Waals surface area contributed by atoms with E-state index in [1.165, 1.54) is 46.5 Å². The molecule has 5 heterocycles. The number of hydrogen-bond acceptors (Lipinski definition) is 13. The number of carbonyl (C=O) groups excluding carboxylic acids is 6. The Labute approximate surface area is 952 Å². The van der Waals surface area contributed by atoms with Crippen LogP contribution in [0, 0.1) is 66.1 Å². The Morgan fingerprint density at radius 2 is 0.772 bits per heavy atom. The van der Waals surface area contributed by atoms with Crippen LogP contribution in [0.3, 0.4) is 0 Å². The molecule has 4 atom stereocenters. The Balaban J connectivity index is -0.00000168. The summed E-state index contributed by atoms with van der Waals surface area (Å²) in [7, 11) is 0. The molecule has 0 spiro atoms. The van der Waals surface area contributed by atoms with Crippen molar-refractivity contribution in [2.75, 3.05) is 40.1 Å². The first-order valence-corrected chi connectivity index (χ1v) is 53.0. The number of nitrogens with one attached hydrogen (secondary N) is 5. The first-order valence-electron chi connectivity index (χ1n) is 51.1. The van der Waals surface area contributed by atoms with Crippen LogP contribution >= 0.6 is 43.5 Å². The van der Waals surface area contributed by atoms with E-state index in [2.05, 4.69) is 324 Å². The van der Waals surface area contributed by atoms with Crippen LogP contribution in [0.4, 0.5) is 28.4 Å². The zero-order valence-corrected chi connectivity index (χ0v) is 103. The largest absolute Gasteiger partial charge is 2.00 e. The van der Waals surface area contributed by atoms with Crippen molar-refractivity contribution in [1.29, 1.82) is 5.26 Å². The summed E-state index contributed by atoms with van der Waals surface area (Å²) in [6.45, 7) is 84.8. The van der Waals surface area contributed by atoms with Gasteiger partial charge in [0, 0.05) is 76.8 Å². The fourth-order valence-corrected chi connectivity index (χ4v) is 16.0. The Kier molecular flexibility index (Phi) is 66.1. The van der Waals surface area contributed by atoms with Gasteiger partial charge in [0.2, 0.25) is 11.8 Å². The van der Waals surface area contributed by atoms with Crippen LogP contribution in [0.1, 0.15) is 370 Å². The van der Waals surface area contributed by atoms with Gasteiger partial charge in [0.25, 0.3) is 23.0 Å². The molecular weight excluding hydrogens is 2090 g/mol. The molecule has 0 aliphatic carbocycles. The minimum atomic E-state index is -0.972. The average Bonchev–Trinajstić information content (AvgIpc) is 0.784. The summed E-state index contributed by atoms with van der Waals surface area (Å²) < 4.78 is 0.909. The second-order valence-corrected chi connectivity index (χ2v) is 48.0. The molecule has 2 aliphatic rings. The molecule has 25 heteroatoms. The normalized spacial score (nSPS) is 14.0. The topological polar surface area (TPSA) is 292 Å². The maximum Gasteiger partial charge on any atom is 2.00 e. The number of nitrogen functional groups attached to an aromatic ring is 1. The number of nitrogens with zero attached hydrogens (tertiary/aromatic N) is 5. The van der Waals surface area contributed by atoms with Gasteiger partial charge in [0.15, 0.2) is 0 Å². The van der Waals surface area contributed by atoms with Gasteiger partial charge >= 0.3 is 46.1 Å². The quantitative estimate of drug-likeness (QED) is 0.0175. The van der Waals surface area contributed by atoms with Crippen molar-refractivity contribution in [3.05, 3.63) is 320 Å². The second kappa shape index (κ2) is 68.6. The fourth-order valence-electron chi connectivity index (χ4n) is 14.9. The minimum absolute atomic E-state index is 0. The van der Waals surface area contributed by atoms with Crippen molar-refractivity contribution in [3.8, 4) is 0 Å².